The number of nitrogens with zero attached hydrogens (tertiary/aromatic N) is 3. The summed E-state index contributed by atoms with van der Waals surface area (Å²) in [5.74, 6) is -2.19. The quantitative estimate of drug-likeness (QED) is 0.163. The monoisotopic (exact) mass is 539 g/mol. The van der Waals surface area contributed by atoms with Crippen LogP contribution in [0.4, 0.5) is 4.39 Å². The summed E-state index contributed by atoms with van der Waals surface area (Å²) in [5.41, 5.74) is 5.66. The average molecular weight is 540 g/mol. The minimum absolute atomic E-state index is 0.0424. The molecule has 0 saturated heterocycles. The summed E-state index contributed by atoms with van der Waals surface area (Å²) in [6, 6.07) is 9.75. The van der Waals surface area contributed by atoms with E-state index in [1.165, 1.54) is 38.7 Å². The molecule has 6 N–H and O–H groups in total. The summed E-state index contributed by atoms with van der Waals surface area (Å²) in [7, 11) is 2.77. The van der Waals surface area contributed by atoms with Crippen LogP contribution in [0.5, 0.6) is 11.5 Å². The lowest BCUT2D eigenvalue weighted by atomic mass is 9.90. The van der Waals surface area contributed by atoms with Crippen molar-refractivity contribution in [2.45, 2.75) is 19.3 Å². The maximum Gasteiger partial charge on any atom is 0.349 e. The van der Waals surface area contributed by atoms with E-state index in [0.717, 1.165) is 17.2 Å². The Morgan fingerprint density at radius 3 is 2.44 bits per heavy atom. The molecule has 2 aromatic heterocycles. The lowest BCUT2D eigenvalue weighted by Crippen LogP contribution is -2.25. The molecule has 14 heteroatoms. The molecule has 1 atom stereocenters. The van der Waals surface area contributed by atoms with Gasteiger partial charge in [0.1, 0.15) is 17.4 Å². The number of carbonyl (C=O) groups is 1. The van der Waals surface area contributed by atoms with E-state index in [2.05, 4.69) is 20.1 Å². The van der Waals surface area contributed by atoms with E-state index in [0.29, 0.717) is 11.3 Å². The minimum Gasteiger partial charge on any atom is -0.497 e. The van der Waals surface area contributed by atoms with Crippen molar-refractivity contribution in [2.75, 3.05) is 14.2 Å². The molecule has 1 unspecified atom stereocenters. The zero-order valence-electron chi connectivity index (χ0n) is 21.2. The van der Waals surface area contributed by atoms with Crippen LogP contribution >= 0.6 is 0 Å². The summed E-state index contributed by atoms with van der Waals surface area (Å²) in [6.45, 7) is 1.08. The number of nitrogens with two attached hydrogens (primary N) is 1. The molecule has 0 radical (unpaired) electrons. The second-order valence-corrected chi connectivity index (χ2v) is 8.09. The predicted molar refractivity (Wildman–Crippen MR) is 138 cm³/mol. The predicted octanol–water partition coefficient (Wildman–Crippen LogP) is 1.55. The van der Waals surface area contributed by atoms with Gasteiger partial charge in [-0.05, 0) is 18.1 Å². The number of aromatic amines is 2. The van der Waals surface area contributed by atoms with E-state index < -0.39 is 29.0 Å². The number of rotatable bonds is 8. The smallest absolute Gasteiger partial charge is 0.349 e. The standard InChI is InChI=1S/C23H22FN7O4.C2H4O2/c1-34-14-10-15(18(24)17(11-14)35-2)16(9-12-3-5-13(6-4-12)19(25)26)20-29-23(33)31(30-20)21-22(32)28-8-7-27-21;1-2(3)4/h3-8,10-11,16H,9H2,1-2H3,(H3,25,26)(H,28,32)(H,29,30,33);1H3,(H,3,4). The molecule has 204 valence electrons. The molecule has 0 aliphatic carbocycles. The van der Waals surface area contributed by atoms with Crippen LogP contribution in [-0.2, 0) is 11.2 Å². The fraction of sp³-hybridized carbons (Fsp3) is 0.200. The Balaban J connectivity index is 0.000000983. The van der Waals surface area contributed by atoms with Crippen molar-refractivity contribution in [3.63, 3.8) is 0 Å². The lowest BCUT2D eigenvalue weighted by molar-refractivity contribution is -0.134. The highest BCUT2D eigenvalue weighted by molar-refractivity contribution is 5.94. The molecule has 0 amide bonds. The number of nitrogens with one attached hydrogen (secondary N) is 3. The molecule has 13 nitrogen and oxygen atoms in total. The molecule has 4 rings (SSSR count). The number of aromatic nitrogens is 5. The Morgan fingerprint density at radius 2 is 1.87 bits per heavy atom. The molecule has 0 fully saturated rings. The molecule has 39 heavy (non-hydrogen) atoms. The van der Waals surface area contributed by atoms with Crippen molar-refractivity contribution < 1.29 is 23.8 Å². The van der Waals surface area contributed by atoms with Gasteiger partial charge in [-0.2, -0.15) is 4.68 Å². The van der Waals surface area contributed by atoms with E-state index in [9.17, 15) is 9.59 Å². The summed E-state index contributed by atoms with van der Waals surface area (Å²) in [6.07, 6.45) is 2.85. The molecular weight excluding hydrogens is 513 g/mol. The SMILES string of the molecule is CC(=O)O.COc1cc(OC)c(F)c(C(Cc2ccc(C(=N)N)cc2)c2nn(-c3ncc[nH]c3=O)c(=O)[nH]2)c1. The van der Waals surface area contributed by atoms with Gasteiger partial charge in [0.25, 0.3) is 11.5 Å². The van der Waals surface area contributed by atoms with E-state index in [1.54, 1.807) is 24.3 Å². The maximum absolute atomic E-state index is 15.5. The molecule has 0 aliphatic heterocycles. The summed E-state index contributed by atoms with van der Waals surface area (Å²) >= 11 is 0. The first-order valence-corrected chi connectivity index (χ1v) is 11.3. The fourth-order valence-corrected chi connectivity index (χ4v) is 3.66. The van der Waals surface area contributed by atoms with Gasteiger partial charge in [-0.3, -0.25) is 20.0 Å². The molecule has 0 bridgehead atoms. The Hall–Kier alpha value is -5.27. The molecule has 2 heterocycles. The maximum atomic E-state index is 15.5. The molecule has 4 aromatic rings. The number of carboxylic acids is 1. The van der Waals surface area contributed by atoms with Crippen LogP contribution in [-0.4, -0.2) is 55.9 Å². The van der Waals surface area contributed by atoms with Gasteiger partial charge in [0.2, 0.25) is 5.82 Å². The van der Waals surface area contributed by atoms with Crippen LogP contribution in [0.2, 0.25) is 0 Å². The number of aliphatic carboxylic acids is 1. The number of carboxylic acid groups (broad SMARTS) is 1. The third-order valence-electron chi connectivity index (χ3n) is 5.43. The number of hydrogen-bond donors (Lipinski definition) is 5. The van der Waals surface area contributed by atoms with Crippen LogP contribution < -0.4 is 26.5 Å². The van der Waals surface area contributed by atoms with E-state index in [-0.39, 0.29) is 35.2 Å². The van der Waals surface area contributed by atoms with Gasteiger partial charge in [-0.15, -0.1) is 5.10 Å². The lowest BCUT2D eigenvalue weighted by Gasteiger charge is -2.18. The Bertz CT molecular complexity index is 1590. The van der Waals surface area contributed by atoms with Gasteiger partial charge >= 0.3 is 5.69 Å². The van der Waals surface area contributed by atoms with Crippen molar-refractivity contribution in [1.82, 2.24) is 24.7 Å². The highest BCUT2D eigenvalue weighted by Crippen LogP contribution is 2.35. The number of hydrogen-bond acceptors (Lipinski definition) is 8. The van der Waals surface area contributed by atoms with Gasteiger partial charge in [-0.1, -0.05) is 24.3 Å². The summed E-state index contributed by atoms with van der Waals surface area (Å²) < 4.78 is 26.8. The Kier molecular flexibility index (Phi) is 8.94. The van der Waals surface area contributed by atoms with E-state index in [1.807, 2.05) is 0 Å². The van der Waals surface area contributed by atoms with E-state index in [4.69, 9.17) is 30.5 Å². The number of ether oxygens (including phenoxy) is 2. The molecule has 0 aliphatic rings. The van der Waals surface area contributed by atoms with Gasteiger partial charge in [0, 0.05) is 36.5 Å². The zero-order valence-corrected chi connectivity index (χ0v) is 21.2. The third kappa shape index (κ3) is 6.74. The van der Waals surface area contributed by atoms with E-state index >= 15 is 4.39 Å². The van der Waals surface area contributed by atoms with Crippen molar-refractivity contribution in [3.8, 4) is 17.3 Å². The van der Waals surface area contributed by atoms with Crippen LogP contribution in [0.25, 0.3) is 5.82 Å². The van der Waals surface area contributed by atoms with Crippen molar-refractivity contribution in [2.24, 2.45) is 5.73 Å². The van der Waals surface area contributed by atoms with Crippen LogP contribution in [0.15, 0.2) is 58.4 Å². The van der Waals surface area contributed by atoms with Crippen molar-refractivity contribution >= 4 is 11.8 Å². The topological polar surface area (TPSA) is 202 Å². The van der Waals surface area contributed by atoms with Crippen LogP contribution in [0.1, 0.15) is 35.4 Å². The number of halogens is 1. The normalized spacial score (nSPS) is 11.2. The largest absolute Gasteiger partial charge is 0.497 e. The third-order valence-corrected chi connectivity index (χ3v) is 5.43. The van der Waals surface area contributed by atoms with Crippen LogP contribution in [0, 0.1) is 11.2 Å². The van der Waals surface area contributed by atoms with Crippen molar-refractivity contribution in [1.29, 1.82) is 5.41 Å². The number of methoxy groups -OCH3 is 2. The first kappa shape index (κ1) is 28.3. The number of nitrogen functional groups attached to an aromatic ring is 1. The minimum atomic E-state index is -0.833. The zero-order chi connectivity index (χ0) is 28.7. The molecule has 2 aromatic carbocycles. The molecular formula is C25H26FN7O6. The molecule has 0 saturated carbocycles. The van der Waals surface area contributed by atoms with Gasteiger partial charge in [0.15, 0.2) is 11.6 Å². The van der Waals surface area contributed by atoms with Crippen molar-refractivity contribution in [3.05, 3.63) is 98.0 Å². The second kappa shape index (κ2) is 12.3. The Labute approximate surface area is 220 Å². The summed E-state index contributed by atoms with van der Waals surface area (Å²) in [4.78, 5) is 42.9. The highest BCUT2D eigenvalue weighted by Gasteiger charge is 2.27. The number of amidine groups is 1. The second-order valence-electron chi connectivity index (χ2n) is 8.09. The number of benzene rings is 2. The first-order chi connectivity index (χ1) is 18.5. The Morgan fingerprint density at radius 1 is 1.21 bits per heavy atom. The molecule has 0 spiro atoms. The summed E-state index contributed by atoms with van der Waals surface area (Å²) in [5, 5.41) is 19.3. The van der Waals surface area contributed by atoms with Gasteiger partial charge < -0.3 is 25.3 Å². The average Bonchev–Trinajstić information content (AvgIpc) is 3.28. The van der Waals surface area contributed by atoms with Crippen LogP contribution in [0.3, 0.4) is 0 Å². The number of H-pyrrole nitrogens is 2. The van der Waals surface area contributed by atoms with Gasteiger partial charge in [-0.25, -0.2) is 14.2 Å². The fourth-order valence-electron chi connectivity index (χ4n) is 3.66. The van der Waals surface area contributed by atoms with Gasteiger partial charge in [0.05, 0.1) is 20.1 Å². The highest BCUT2D eigenvalue weighted by atomic mass is 19.1. The first-order valence-electron chi connectivity index (χ1n) is 11.3.